The van der Waals surface area contributed by atoms with Gasteiger partial charge in [-0.25, -0.2) is 0 Å². The zero-order valence-corrected chi connectivity index (χ0v) is 15.8. The predicted molar refractivity (Wildman–Crippen MR) is 114 cm³/mol. The van der Waals surface area contributed by atoms with Crippen LogP contribution in [0.5, 0.6) is 0 Å². The Morgan fingerprint density at radius 3 is 1.89 bits per heavy atom. The van der Waals surface area contributed by atoms with Gasteiger partial charge in [-0.3, -0.25) is 0 Å². The normalized spacial score (nSPS) is 31.3. The van der Waals surface area contributed by atoms with Gasteiger partial charge in [0.25, 0.3) is 0 Å². The van der Waals surface area contributed by atoms with Gasteiger partial charge in [0.15, 0.2) is 0 Å². The molecule has 3 aromatic carbocycles. The summed E-state index contributed by atoms with van der Waals surface area (Å²) in [5.74, 6) is 2.95. The molecule has 27 heavy (non-hydrogen) atoms. The van der Waals surface area contributed by atoms with E-state index >= 15 is 0 Å². The third kappa shape index (κ3) is 2.51. The van der Waals surface area contributed by atoms with E-state index in [1.807, 2.05) is 0 Å². The lowest BCUT2D eigenvalue weighted by atomic mass is 9.47. The summed E-state index contributed by atoms with van der Waals surface area (Å²) in [7, 11) is 0. The van der Waals surface area contributed by atoms with E-state index in [2.05, 4.69) is 72.0 Å². The van der Waals surface area contributed by atoms with Crippen molar-refractivity contribution in [2.24, 2.45) is 17.8 Å². The van der Waals surface area contributed by atoms with E-state index in [1.165, 1.54) is 55.0 Å². The molecule has 136 valence electrons. The molecule has 4 aliphatic carbocycles. The van der Waals surface area contributed by atoms with E-state index in [0.29, 0.717) is 5.41 Å². The second-order valence-electron chi connectivity index (χ2n) is 9.40. The Morgan fingerprint density at radius 2 is 1.22 bits per heavy atom. The van der Waals surface area contributed by atoms with E-state index < -0.39 is 0 Å². The molecule has 0 atom stereocenters. The molecule has 1 nitrogen and oxygen atoms in total. The third-order valence-corrected chi connectivity index (χ3v) is 7.59. The summed E-state index contributed by atoms with van der Waals surface area (Å²) < 4.78 is 0. The molecule has 7 rings (SSSR count). The highest BCUT2D eigenvalue weighted by atomic mass is 14.9. The van der Waals surface area contributed by atoms with Gasteiger partial charge in [-0.2, -0.15) is 0 Å². The second-order valence-corrected chi connectivity index (χ2v) is 9.40. The van der Waals surface area contributed by atoms with Crippen LogP contribution >= 0.6 is 0 Å². The molecule has 0 heterocycles. The third-order valence-electron chi connectivity index (χ3n) is 7.59. The molecule has 4 bridgehead atoms. The van der Waals surface area contributed by atoms with Gasteiger partial charge in [0.05, 0.1) is 0 Å². The van der Waals surface area contributed by atoms with Crippen LogP contribution in [0.4, 0.5) is 11.4 Å². The van der Waals surface area contributed by atoms with Crippen molar-refractivity contribution in [1.29, 1.82) is 0 Å². The standard InChI is InChI=1S/C26H27N/c1-2-6-21(7-3-1)27-25-11-10-24(22-8-4-5-9-23(22)25)26-15-18-12-19(16-26)14-20(13-18)17-26/h1-11,18-20,27H,12-17H2. The number of benzene rings is 3. The molecule has 0 amide bonds. The molecule has 0 saturated heterocycles. The van der Waals surface area contributed by atoms with E-state index in [4.69, 9.17) is 0 Å². The molecule has 4 aliphatic rings. The summed E-state index contributed by atoms with van der Waals surface area (Å²) in [5.41, 5.74) is 4.46. The monoisotopic (exact) mass is 353 g/mol. The summed E-state index contributed by atoms with van der Waals surface area (Å²) in [6, 6.07) is 24.4. The van der Waals surface area contributed by atoms with E-state index in [1.54, 1.807) is 5.56 Å². The van der Waals surface area contributed by atoms with Crippen molar-refractivity contribution in [2.75, 3.05) is 5.32 Å². The van der Waals surface area contributed by atoms with Crippen LogP contribution in [0.1, 0.15) is 44.1 Å². The Kier molecular flexibility index (Phi) is 3.42. The van der Waals surface area contributed by atoms with Crippen molar-refractivity contribution in [2.45, 2.75) is 43.9 Å². The van der Waals surface area contributed by atoms with Crippen LogP contribution in [0.3, 0.4) is 0 Å². The average molecular weight is 354 g/mol. The summed E-state index contributed by atoms with van der Waals surface area (Å²) in [5, 5.41) is 6.49. The highest BCUT2D eigenvalue weighted by Crippen LogP contribution is 2.61. The first-order valence-corrected chi connectivity index (χ1v) is 10.6. The first kappa shape index (κ1) is 15.7. The van der Waals surface area contributed by atoms with Gasteiger partial charge in [-0.15, -0.1) is 0 Å². The lowest BCUT2D eigenvalue weighted by Gasteiger charge is -2.57. The van der Waals surface area contributed by atoms with Crippen LogP contribution in [0.2, 0.25) is 0 Å². The zero-order valence-electron chi connectivity index (χ0n) is 15.8. The molecule has 0 aromatic heterocycles. The van der Waals surface area contributed by atoms with Gasteiger partial charge in [-0.05, 0) is 90.8 Å². The van der Waals surface area contributed by atoms with Gasteiger partial charge in [0, 0.05) is 16.8 Å². The Labute approximate surface area is 161 Å². The number of anilines is 2. The fourth-order valence-electron chi connectivity index (χ4n) is 6.99. The lowest BCUT2D eigenvalue weighted by molar-refractivity contribution is -0.00449. The number of nitrogens with one attached hydrogen (secondary N) is 1. The molecule has 1 heteroatoms. The number of hydrogen-bond donors (Lipinski definition) is 1. The first-order valence-electron chi connectivity index (χ1n) is 10.6. The molecule has 3 aromatic rings. The second kappa shape index (κ2) is 5.86. The van der Waals surface area contributed by atoms with Crippen LogP contribution in [0.25, 0.3) is 10.8 Å². The summed E-state index contributed by atoms with van der Waals surface area (Å²) in [4.78, 5) is 0. The van der Waals surface area contributed by atoms with Gasteiger partial charge in [0.1, 0.15) is 0 Å². The molecular weight excluding hydrogens is 326 g/mol. The minimum atomic E-state index is 0.444. The van der Waals surface area contributed by atoms with Crippen molar-refractivity contribution in [3.05, 3.63) is 72.3 Å². The van der Waals surface area contributed by atoms with Gasteiger partial charge in [-0.1, -0.05) is 48.5 Å². The molecule has 0 unspecified atom stereocenters. The summed E-state index contributed by atoms with van der Waals surface area (Å²) in [6.07, 6.45) is 8.79. The van der Waals surface area contributed by atoms with Gasteiger partial charge in [0.2, 0.25) is 0 Å². The summed E-state index contributed by atoms with van der Waals surface area (Å²) in [6.45, 7) is 0. The molecule has 1 N–H and O–H groups in total. The molecule has 4 saturated carbocycles. The highest BCUT2D eigenvalue weighted by molar-refractivity contribution is 5.98. The maximum absolute atomic E-state index is 3.65. The number of fused-ring (bicyclic) bond motifs is 1. The topological polar surface area (TPSA) is 12.0 Å². The lowest BCUT2D eigenvalue weighted by Crippen LogP contribution is -2.48. The Balaban J connectivity index is 1.47. The van der Waals surface area contributed by atoms with Crippen LogP contribution in [-0.4, -0.2) is 0 Å². The van der Waals surface area contributed by atoms with Crippen LogP contribution < -0.4 is 5.32 Å². The van der Waals surface area contributed by atoms with Crippen molar-refractivity contribution in [3.63, 3.8) is 0 Å². The number of para-hydroxylation sites is 1. The van der Waals surface area contributed by atoms with Crippen LogP contribution in [-0.2, 0) is 5.41 Å². The largest absolute Gasteiger partial charge is 0.355 e. The minimum Gasteiger partial charge on any atom is -0.355 e. The average Bonchev–Trinajstić information content (AvgIpc) is 2.68. The number of rotatable bonds is 3. The minimum absolute atomic E-state index is 0.444. The molecular formula is C26H27N. The number of hydrogen-bond acceptors (Lipinski definition) is 1. The SMILES string of the molecule is c1ccc(Nc2ccc(C34CC5CC(CC(C5)C3)C4)c3ccccc23)cc1. The van der Waals surface area contributed by atoms with Crippen molar-refractivity contribution in [1.82, 2.24) is 0 Å². The van der Waals surface area contributed by atoms with Crippen LogP contribution in [0.15, 0.2) is 66.7 Å². The maximum Gasteiger partial charge on any atom is 0.0464 e. The fraction of sp³-hybridized carbons (Fsp3) is 0.385. The Morgan fingerprint density at radius 1 is 0.630 bits per heavy atom. The van der Waals surface area contributed by atoms with Crippen molar-refractivity contribution < 1.29 is 0 Å². The Hall–Kier alpha value is -2.28. The summed E-state index contributed by atoms with van der Waals surface area (Å²) >= 11 is 0. The predicted octanol–water partition coefficient (Wildman–Crippen LogP) is 7.05. The highest BCUT2D eigenvalue weighted by Gasteiger charge is 2.51. The van der Waals surface area contributed by atoms with E-state index in [-0.39, 0.29) is 0 Å². The Bertz CT molecular complexity index is 952. The quantitative estimate of drug-likeness (QED) is 0.532. The van der Waals surface area contributed by atoms with Crippen molar-refractivity contribution in [3.8, 4) is 0 Å². The van der Waals surface area contributed by atoms with E-state index in [0.717, 1.165) is 23.4 Å². The molecule has 0 radical (unpaired) electrons. The molecule has 0 aliphatic heterocycles. The maximum atomic E-state index is 3.65. The van der Waals surface area contributed by atoms with Gasteiger partial charge < -0.3 is 5.32 Å². The molecule has 4 fully saturated rings. The zero-order chi connectivity index (χ0) is 17.8. The molecule has 0 spiro atoms. The smallest absolute Gasteiger partial charge is 0.0464 e. The fourth-order valence-corrected chi connectivity index (χ4v) is 6.99. The van der Waals surface area contributed by atoms with Crippen LogP contribution in [0, 0.1) is 17.8 Å². The van der Waals surface area contributed by atoms with E-state index in [9.17, 15) is 0 Å². The van der Waals surface area contributed by atoms with Crippen molar-refractivity contribution >= 4 is 22.1 Å². The van der Waals surface area contributed by atoms with Gasteiger partial charge >= 0.3 is 0 Å². The first-order chi connectivity index (χ1) is 13.3.